The summed E-state index contributed by atoms with van der Waals surface area (Å²) < 4.78 is 25.6. The van der Waals surface area contributed by atoms with Crippen molar-refractivity contribution in [2.75, 3.05) is 11.5 Å². The minimum Gasteiger partial charge on any atom is -0.212 e. The molecule has 1 heterocycles. The van der Waals surface area contributed by atoms with Crippen LogP contribution < -0.4 is 4.72 Å². The normalized spacial score (nSPS) is 22.3. The Morgan fingerprint density at radius 1 is 1.42 bits per heavy atom. The molecule has 0 bridgehead atoms. The third-order valence-corrected chi connectivity index (χ3v) is 5.55. The Morgan fingerprint density at radius 2 is 1.92 bits per heavy atom. The molecule has 0 aliphatic carbocycles. The fourth-order valence-electron chi connectivity index (χ4n) is 0.928. The summed E-state index contributed by atoms with van der Waals surface area (Å²) >= 11 is 1.77. The molecule has 1 fully saturated rings. The van der Waals surface area contributed by atoms with Crippen LogP contribution in [0.1, 0.15) is 20.8 Å². The zero-order chi connectivity index (χ0) is 9.41. The molecule has 1 rings (SSSR count). The second-order valence-electron chi connectivity index (χ2n) is 3.75. The number of hydrogen-bond donors (Lipinski definition) is 1. The van der Waals surface area contributed by atoms with Gasteiger partial charge >= 0.3 is 0 Å². The largest absolute Gasteiger partial charge is 0.214 e. The van der Waals surface area contributed by atoms with Crippen molar-refractivity contribution in [1.29, 1.82) is 0 Å². The van der Waals surface area contributed by atoms with Gasteiger partial charge in [-0.25, -0.2) is 13.1 Å². The summed E-state index contributed by atoms with van der Waals surface area (Å²) in [5.41, 5.74) is -0.187. The Labute approximate surface area is 78.4 Å². The summed E-state index contributed by atoms with van der Waals surface area (Å²) in [6.45, 7) is 5.33. The van der Waals surface area contributed by atoms with Gasteiger partial charge in [-0.2, -0.15) is 11.8 Å². The van der Waals surface area contributed by atoms with Crippen molar-refractivity contribution in [3.8, 4) is 0 Å². The smallest absolute Gasteiger partial charge is 0.212 e. The molecule has 0 amide bonds. The predicted octanol–water partition coefficient (Wildman–Crippen LogP) is 0.820. The van der Waals surface area contributed by atoms with Gasteiger partial charge < -0.3 is 0 Å². The highest BCUT2D eigenvalue weighted by Crippen LogP contribution is 2.29. The average Bonchev–Trinajstić information content (AvgIpc) is 1.83. The fraction of sp³-hybridized carbons (Fsp3) is 1.00. The van der Waals surface area contributed by atoms with Gasteiger partial charge in [0.2, 0.25) is 10.0 Å². The van der Waals surface area contributed by atoms with Crippen LogP contribution in [0.3, 0.4) is 0 Å². The first kappa shape index (κ1) is 10.3. The molecule has 3 nitrogen and oxygen atoms in total. The van der Waals surface area contributed by atoms with Gasteiger partial charge in [-0.1, -0.05) is 0 Å². The molecular formula is C7H15NO2S2. The Balaban J connectivity index is 2.61. The lowest BCUT2D eigenvalue weighted by Crippen LogP contribution is -2.56. The van der Waals surface area contributed by atoms with E-state index in [0.29, 0.717) is 0 Å². The summed E-state index contributed by atoms with van der Waals surface area (Å²) in [5, 5.41) is -0.333. The topological polar surface area (TPSA) is 46.2 Å². The Bertz CT molecular complexity index is 255. The van der Waals surface area contributed by atoms with Gasteiger partial charge in [-0.05, 0) is 20.8 Å². The maximum Gasteiger partial charge on any atom is 0.214 e. The van der Waals surface area contributed by atoms with E-state index in [-0.39, 0.29) is 10.8 Å². The van der Waals surface area contributed by atoms with E-state index in [0.717, 1.165) is 11.5 Å². The molecule has 5 heteroatoms. The summed E-state index contributed by atoms with van der Waals surface area (Å²) in [6.07, 6.45) is 0. The highest BCUT2D eigenvalue weighted by Gasteiger charge is 2.37. The predicted molar refractivity (Wildman–Crippen MR) is 52.9 cm³/mol. The molecule has 0 atom stereocenters. The first-order chi connectivity index (χ1) is 5.36. The average molecular weight is 209 g/mol. The highest BCUT2D eigenvalue weighted by atomic mass is 32.2. The maximum absolute atomic E-state index is 11.4. The molecule has 0 saturated carbocycles. The maximum atomic E-state index is 11.4. The van der Waals surface area contributed by atoms with Gasteiger partial charge in [-0.3, -0.25) is 0 Å². The molecule has 1 N–H and O–H groups in total. The fourth-order valence-corrected chi connectivity index (χ4v) is 3.14. The first-order valence-electron chi connectivity index (χ1n) is 3.96. The van der Waals surface area contributed by atoms with Crippen LogP contribution in [-0.4, -0.2) is 30.7 Å². The van der Waals surface area contributed by atoms with Gasteiger partial charge in [0.15, 0.2) is 0 Å². The van der Waals surface area contributed by atoms with Crippen LogP contribution in [0.15, 0.2) is 0 Å². The van der Waals surface area contributed by atoms with Gasteiger partial charge in [0.1, 0.15) is 0 Å². The quantitative estimate of drug-likeness (QED) is 0.748. The molecular weight excluding hydrogens is 194 g/mol. The molecule has 1 saturated heterocycles. The van der Waals surface area contributed by atoms with Crippen molar-refractivity contribution >= 4 is 21.8 Å². The van der Waals surface area contributed by atoms with E-state index in [9.17, 15) is 8.42 Å². The number of hydrogen-bond acceptors (Lipinski definition) is 3. The van der Waals surface area contributed by atoms with Gasteiger partial charge in [0.25, 0.3) is 0 Å². The number of nitrogens with one attached hydrogen (secondary N) is 1. The van der Waals surface area contributed by atoms with E-state index in [1.807, 2.05) is 6.92 Å². The molecule has 0 radical (unpaired) electrons. The summed E-state index contributed by atoms with van der Waals surface area (Å²) in [7, 11) is -3.08. The summed E-state index contributed by atoms with van der Waals surface area (Å²) in [5.74, 6) is 1.78. The summed E-state index contributed by atoms with van der Waals surface area (Å²) in [6, 6.07) is 0. The molecule has 0 aromatic carbocycles. The third-order valence-electron chi connectivity index (χ3n) is 1.85. The van der Waals surface area contributed by atoms with E-state index >= 15 is 0 Å². The van der Waals surface area contributed by atoms with Crippen LogP contribution in [0.5, 0.6) is 0 Å². The second kappa shape index (κ2) is 3.20. The van der Waals surface area contributed by atoms with Crippen LogP contribution in [0.4, 0.5) is 0 Å². The Morgan fingerprint density at radius 3 is 2.17 bits per heavy atom. The zero-order valence-corrected chi connectivity index (χ0v) is 9.26. The van der Waals surface area contributed by atoms with Crippen molar-refractivity contribution in [2.45, 2.75) is 31.6 Å². The van der Waals surface area contributed by atoms with Crippen LogP contribution in [0.25, 0.3) is 0 Å². The number of thioether (sulfide) groups is 1. The van der Waals surface area contributed by atoms with E-state index in [2.05, 4.69) is 4.72 Å². The van der Waals surface area contributed by atoms with Gasteiger partial charge in [0.05, 0.1) is 5.25 Å². The Kier molecular flexibility index (Phi) is 2.75. The van der Waals surface area contributed by atoms with Crippen molar-refractivity contribution in [3.63, 3.8) is 0 Å². The lowest BCUT2D eigenvalue weighted by molar-refractivity contribution is 0.482. The molecule has 0 aromatic rings. The zero-order valence-electron chi connectivity index (χ0n) is 7.62. The highest BCUT2D eigenvalue weighted by molar-refractivity contribution is 8.01. The molecule has 12 heavy (non-hydrogen) atoms. The molecule has 0 spiro atoms. The molecule has 0 aromatic heterocycles. The Hall–Kier alpha value is 0.260. The van der Waals surface area contributed by atoms with Crippen LogP contribution in [-0.2, 0) is 10.0 Å². The number of sulfonamides is 1. The van der Waals surface area contributed by atoms with Crippen LogP contribution in [0, 0.1) is 0 Å². The minimum atomic E-state index is -3.08. The SMILES string of the molecule is CC(C)S(=O)(=O)NC1(C)CSC1. The molecule has 0 unspecified atom stereocenters. The van der Waals surface area contributed by atoms with Crippen LogP contribution >= 0.6 is 11.8 Å². The molecule has 1 aliphatic rings. The molecule has 1 aliphatic heterocycles. The first-order valence-corrected chi connectivity index (χ1v) is 6.66. The van der Waals surface area contributed by atoms with E-state index in [4.69, 9.17) is 0 Å². The van der Waals surface area contributed by atoms with Gasteiger partial charge in [0, 0.05) is 17.0 Å². The van der Waals surface area contributed by atoms with Crippen molar-refractivity contribution in [2.24, 2.45) is 0 Å². The van der Waals surface area contributed by atoms with Gasteiger partial charge in [-0.15, -0.1) is 0 Å². The minimum absolute atomic E-state index is 0.187. The monoisotopic (exact) mass is 209 g/mol. The van der Waals surface area contributed by atoms with Crippen molar-refractivity contribution < 1.29 is 8.42 Å². The van der Waals surface area contributed by atoms with E-state index in [1.54, 1.807) is 25.6 Å². The number of rotatable bonds is 3. The molecule has 72 valence electrons. The van der Waals surface area contributed by atoms with Crippen LogP contribution in [0.2, 0.25) is 0 Å². The standard InChI is InChI=1S/C7H15NO2S2/c1-6(2)12(9,10)8-7(3)4-11-5-7/h6,8H,4-5H2,1-3H3. The summed E-state index contributed by atoms with van der Waals surface area (Å²) in [4.78, 5) is 0. The van der Waals surface area contributed by atoms with Crippen molar-refractivity contribution in [3.05, 3.63) is 0 Å². The van der Waals surface area contributed by atoms with Crippen molar-refractivity contribution in [1.82, 2.24) is 4.72 Å². The van der Waals surface area contributed by atoms with E-state index in [1.165, 1.54) is 0 Å². The second-order valence-corrected chi connectivity index (χ2v) is 6.97. The lowest BCUT2D eigenvalue weighted by atomic mass is 10.1. The lowest BCUT2D eigenvalue weighted by Gasteiger charge is -2.38. The van der Waals surface area contributed by atoms with E-state index < -0.39 is 10.0 Å². The third kappa shape index (κ3) is 2.14.